The molecule has 0 saturated heterocycles. The molecule has 2 N–H and O–H groups in total. The number of ketones is 1. The number of amides is 1. The van der Waals surface area contributed by atoms with Gasteiger partial charge >= 0.3 is 0 Å². The van der Waals surface area contributed by atoms with E-state index in [2.05, 4.69) is 10.3 Å². The summed E-state index contributed by atoms with van der Waals surface area (Å²) in [6.07, 6.45) is 0. The van der Waals surface area contributed by atoms with E-state index in [1.165, 1.54) is 31.2 Å². The van der Waals surface area contributed by atoms with Gasteiger partial charge in [0.1, 0.15) is 0 Å². The zero-order valence-corrected chi connectivity index (χ0v) is 14.7. The minimum Gasteiger partial charge on any atom is -0.295 e. The molecule has 1 amide bonds. The van der Waals surface area contributed by atoms with Crippen LogP contribution in [0.15, 0.2) is 71.6 Å². The van der Waals surface area contributed by atoms with Gasteiger partial charge in [0, 0.05) is 11.1 Å². The van der Waals surface area contributed by atoms with Crippen LogP contribution in [-0.4, -0.2) is 20.1 Å². The van der Waals surface area contributed by atoms with Crippen molar-refractivity contribution in [3.63, 3.8) is 0 Å². The number of hydrogen-bond donors (Lipinski definition) is 2. The smallest absolute Gasteiger partial charge is 0.266 e. The number of sulfonamides is 1. The molecule has 0 aliphatic heterocycles. The average Bonchev–Trinajstić information content (AvgIpc) is 2.65. The number of Topliss-reactive ketones (excluding diaryl/α,β-unsaturated/α-hetero) is 1. The molecule has 0 aliphatic carbocycles. The van der Waals surface area contributed by atoms with Crippen LogP contribution in [0.5, 0.6) is 0 Å². The molecular weight excluding hydrogens is 352 g/mol. The second-order valence-electron chi connectivity index (χ2n) is 5.71. The van der Waals surface area contributed by atoms with Crippen molar-refractivity contribution in [1.82, 2.24) is 10.3 Å². The molecule has 3 aromatic rings. The van der Waals surface area contributed by atoms with Crippen molar-refractivity contribution in [1.29, 1.82) is 0 Å². The van der Waals surface area contributed by atoms with Crippen LogP contribution in [-0.2, 0) is 10.0 Å². The average molecular weight is 368 g/mol. The van der Waals surface area contributed by atoms with Gasteiger partial charge in [-0.05, 0) is 42.0 Å². The number of fused-ring (bicyclic) bond motifs is 1. The van der Waals surface area contributed by atoms with Crippen LogP contribution in [0.1, 0.15) is 27.6 Å². The third-order valence-corrected chi connectivity index (χ3v) is 5.11. The Hall–Kier alpha value is -3.03. The van der Waals surface area contributed by atoms with Crippen molar-refractivity contribution >= 4 is 32.5 Å². The number of nitrogens with one attached hydrogen (secondary N) is 2. The monoisotopic (exact) mass is 368 g/mol. The Kier molecular flexibility index (Phi) is 4.83. The maximum atomic E-state index is 12.4. The fourth-order valence-electron chi connectivity index (χ4n) is 2.46. The lowest BCUT2D eigenvalue weighted by molar-refractivity contribution is 0.0945. The predicted octanol–water partition coefficient (Wildman–Crippen LogP) is 2.67. The highest BCUT2D eigenvalue weighted by Crippen LogP contribution is 2.18. The lowest BCUT2D eigenvalue weighted by atomic mass is 10.1. The van der Waals surface area contributed by atoms with E-state index in [1.54, 1.807) is 24.3 Å². The lowest BCUT2D eigenvalue weighted by Crippen LogP contribution is -2.41. The van der Waals surface area contributed by atoms with Crippen molar-refractivity contribution in [2.45, 2.75) is 11.8 Å². The highest BCUT2D eigenvalue weighted by molar-refractivity contribution is 7.89. The summed E-state index contributed by atoms with van der Waals surface area (Å²) in [5, 5.41) is 1.69. The summed E-state index contributed by atoms with van der Waals surface area (Å²) >= 11 is 0. The minimum absolute atomic E-state index is 0.0361. The van der Waals surface area contributed by atoms with Gasteiger partial charge in [-0.1, -0.05) is 42.5 Å². The number of carbonyl (C=O) groups excluding carboxylic acids is 2. The zero-order chi connectivity index (χ0) is 18.7. The first-order valence-electron chi connectivity index (χ1n) is 7.79. The SMILES string of the molecule is CC(=O)c1cccc(C(=O)NNS(=O)(=O)c2ccc3ccccc3c2)c1. The summed E-state index contributed by atoms with van der Waals surface area (Å²) in [6.45, 7) is 1.39. The second kappa shape index (κ2) is 7.07. The lowest BCUT2D eigenvalue weighted by Gasteiger charge is -2.10. The molecule has 7 heteroatoms. The van der Waals surface area contributed by atoms with E-state index < -0.39 is 15.9 Å². The summed E-state index contributed by atoms with van der Waals surface area (Å²) in [6, 6.07) is 18.1. The molecule has 132 valence electrons. The molecule has 3 rings (SSSR count). The standard InChI is InChI=1S/C19H16N2O4S/c1-13(22)15-7-4-8-17(11-15)19(23)20-21-26(24,25)18-10-9-14-5-2-3-6-16(14)12-18/h2-12,21H,1H3,(H,20,23). The molecule has 0 bridgehead atoms. The summed E-state index contributed by atoms with van der Waals surface area (Å²) in [7, 11) is -3.93. The topological polar surface area (TPSA) is 92.3 Å². The Morgan fingerprint density at radius 3 is 2.23 bits per heavy atom. The third-order valence-electron chi connectivity index (χ3n) is 3.86. The zero-order valence-electron chi connectivity index (χ0n) is 13.9. The largest absolute Gasteiger partial charge is 0.295 e. The number of carbonyl (C=O) groups is 2. The van der Waals surface area contributed by atoms with Gasteiger partial charge in [-0.2, -0.15) is 0 Å². The molecule has 3 aromatic carbocycles. The van der Waals surface area contributed by atoms with Gasteiger partial charge in [-0.3, -0.25) is 15.0 Å². The van der Waals surface area contributed by atoms with Crippen molar-refractivity contribution in [2.24, 2.45) is 0 Å². The van der Waals surface area contributed by atoms with Crippen LogP contribution in [0.3, 0.4) is 0 Å². The molecule has 6 nitrogen and oxygen atoms in total. The molecule has 0 saturated carbocycles. The first-order chi connectivity index (χ1) is 12.4. The van der Waals surface area contributed by atoms with E-state index in [0.717, 1.165) is 10.8 Å². The van der Waals surface area contributed by atoms with Crippen molar-refractivity contribution < 1.29 is 18.0 Å². The number of rotatable bonds is 5. The molecule has 0 unspecified atom stereocenters. The van der Waals surface area contributed by atoms with E-state index in [1.807, 2.05) is 18.2 Å². The minimum atomic E-state index is -3.93. The van der Waals surface area contributed by atoms with Crippen molar-refractivity contribution in [2.75, 3.05) is 0 Å². The Morgan fingerprint density at radius 1 is 0.808 bits per heavy atom. The van der Waals surface area contributed by atoms with Crippen LogP contribution < -0.4 is 10.3 Å². The van der Waals surface area contributed by atoms with Crippen LogP contribution in [0, 0.1) is 0 Å². The maximum Gasteiger partial charge on any atom is 0.266 e. The summed E-state index contributed by atoms with van der Waals surface area (Å²) in [5.41, 5.74) is 2.71. The highest BCUT2D eigenvalue weighted by Gasteiger charge is 2.16. The van der Waals surface area contributed by atoms with Gasteiger partial charge in [-0.15, -0.1) is 4.83 Å². The van der Waals surface area contributed by atoms with Gasteiger partial charge in [0.2, 0.25) is 0 Å². The van der Waals surface area contributed by atoms with Gasteiger partial charge < -0.3 is 0 Å². The van der Waals surface area contributed by atoms with Crippen LogP contribution in [0.25, 0.3) is 10.8 Å². The maximum absolute atomic E-state index is 12.4. The first kappa shape index (κ1) is 17.8. The van der Waals surface area contributed by atoms with Crippen LogP contribution in [0.4, 0.5) is 0 Å². The summed E-state index contributed by atoms with van der Waals surface area (Å²) < 4.78 is 24.8. The Labute approximate surface area is 150 Å². The van der Waals surface area contributed by atoms with Gasteiger partial charge in [0.05, 0.1) is 4.90 Å². The normalized spacial score (nSPS) is 11.3. The van der Waals surface area contributed by atoms with E-state index >= 15 is 0 Å². The molecule has 0 heterocycles. The molecule has 0 fully saturated rings. The summed E-state index contributed by atoms with van der Waals surface area (Å²) in [4.78, 5) is 25.7. The molecule has 26 heavy (non-hydrogen) atoms. The Balaban J connectivity index is 1.77. The fraction of sp³-hybridized carbons (Fsp3) is 0.0526. The van der Waals surface area contributed by atoms with Crippen LogP contribution >= 0.6 is 0 Å². The van der Waals surface area contributed by atoms with Crippen molar-refractivity contribution in [3.8, 4) is 0 Å². The molecule has 0 aliphatic rings. The quantitative estimate of drug-likeness (QED) is 0.535. The molecule has 0 radical (unpaired) electrons. The van der Waals surface area contributed by atoms with E-state index in [-0.39, 0.29) is 16.2 Å². The fourth-order valence-corrected chi connectivity index (χ4v) is 3.33. The molecule has 0 aromatic heterocycles. The highest BCUT2D eigenvalue weighted by atomic mass is 32.2. The first-order valence-corrected chi connectivity index (χ1v) is 9.27. The predicted molar refractivity (Wildman–Crippen MR) is 98.2 cm³/mol. The third kappa shape index (κ3) is 3.79. The molecule has 0 atom stereocenters. The Morgan fingerprint density at radius 2 is 1.50 bits per heavy atom. The van der Waals surface area contributed by atoms with Gasteiger partial charge in [0.25, 0.3) is 15.9 Å². The van der Waals surface area contributed by atoms with E-state index in [9.17, 15) is 18.0 Å². The second-order valence-corrected chi connectivity index (χ2v) is 7.39. The van der Waals surface area contributed by atoms with E-state index in [4.69, 9.17) is 0 Å². The van der Waals surface area contributed by atoms with Crippen molar-refractivity contribution in [3.05, 3.63) is 77.9 Å². The van der Waals surface area contributed by atoms with Gasteiger partial charge in [0.15, 0.2) is 5.78 Å². The van der Waals surface area contributed by atoms with E-state index in [0.29, 0.717) is 5.56 Å². The molecular formula is C19H16N2O4S. The summed E-state index contributed by atoms with van der Waals surface area (Å²) in [5.74, 6) is -0.839. The number of benzene rings is 3. The Bertz CT molecular complexity index is 1110. The van der Waals surface area contributed by atoms with Gasteiger partial charge in [-0.25, -0.2) is 8.42 Å². The van der Waals surface area contributed by atoms with Crippen LogP contribution in [0.2, 0.25) is 0 Å². The number of hydrogen-bond acceptors (Lipinski definition) is 4. The molecule has 0 spiro atoms. The number of hydrazine groups is 1.